The lowest BCUT2D eigenvalue weighted by Gasteiger charge is -2.14. The van der Waals surface area contributed by atoms with Gasteiger partial charge in [0, 0.05) is 27.4 Å². The highest BCUT2D eigenvalue weighted by Crippen LogP contribution is 2.47. The summed E-state index contributed by atoms with van der Waals surface area (Å²) < 4.78 is 50.0. The van der Waals surface area contributed by atoms with Gasteiger partial charge in [0.2, 0.25) is 0 Å². The van der Waals surface area contributed by atoms with Crippen molar-refractivity contribution >= 4 is 16.6 Å². The normalized spacial score (nSPS) is 13.2. The van der Waals surface area contributed by atoms with Gasteiger partial charge in [0.1, 0.15) is 0 Å². The van der Waals surface area contributed by atoms with Crippen molar-refractivity contribution in [1.29, 1.82) is 0 Å². The molecule has 14 heavy (non-hydrogen) atoms. The molecule has 0 saturated carbocycles. The van der Waals surface area contributed by atoms with Crippen molar-refractivity contribution in [3.05, 3.63) is 0 Å². The molecule has 0 aliphatic carbocycles. The topological polar surface area (TPSA) is 44.8 Å². The van der Waals surface area contributed by atoms with Crippen molar-refractivity contribution in [2.75, 3.05) is 27.5 Å². The fraction of sp³-hybridized carbons (Fsp3) is 1.00. The van der Waals surface area contributed by atoms with Crippen molar-refractivity contribution < 1.29 is 26.3 Å². The molecule has 0 rings (SSSR count). The van der Waals surface area contributed by atoms with Crippen LogP contribution in [0.2, 0.25) is 6.04 Å². The second-order valence-electron chi connectivity index (χ2n) is 2.64. The van der Waals surface area contributed by atoms with Crippen LogP contribution in [0.15, 0.2) is 0 Å². The molecule has 4 nitrogen and oxygen atoms in total. The highest BCUT2D eigenvalue weighted by atomic mass is 31.2. The van der Waals surface area contributed by atoms with Crippen LogP contribution in [-0.4, -0.2) is 36.5 Å². The zero-order valence-corrected chi connectivity index (χ0v) is 10.4. The van der Waals surface area contributed by atoms with Crippen LogP contribution in [0, 0.1) is 0 Å². The van der Waals surface area contributed by atoms with Crippen LogP contribution in [0.5, 0.6) is 0 Å². The summed E-state index contributed by atoms with van der Waals surface area (Å²) >= 11 is 0. The van der Waals surface area contributed by atoms with Gasteiger partial charge in [0.25, 0.3) is 0 Å². The van der Waals surface area contributed by atoms with E-state index in [1.807, 2.05) is 0 Å². The maximum Gasteiger partial charge on any atom is 0.577 e. The van der Waals surface area contributed by atoms with Crippen molar-refractivity contribution in [1.82, 2.24) is 0 Å². The molecule has 0 radical (unpaired) electrons. The Bertz CT molecular complexity index is 206. The highest BCUT2D eigenvalue weighted by Gasteiger charge is 2.37. The molecule has 0 atom stereocenters. The smallest absolute Gasteiger partial charge is 0.371 e. The predicted octanol–water partition coefficient (Wildman–Crippen LogP) is 2.39. The third kappa shape index (κ3) is 5.16. The molecule has 0 N–H and O–H groups in total. The minimum absolute atomic E-state index is 0.00799. The van der Waals surface area contributed by atoms with E-state index < -0.39 is 16.6 Å². The lowest BCUT2D eigenvalue weighted by molar-refractivity contribution is 0.271. The summed E-state index contributed by atoms with van der Waals surface area (Å²) in [7, 11) is -4.23. The largest absolute Gasteiger partial charge is 0.577 e. The fourth-order valence-electron chi connectivity index (χ4n) is 0.838. The number of hydrogen-bond acceptors (Lipinski definition) is 4. The van der Waals surface area contributed by atoms with Gasteiger partial charge < -0.3 is 13.5 Å². The van der Waals surface area contributed by atoms with Crippen molar-refractivity contribution in [3.63, 3.8) is 0 Å². The molecule has 86 valence electrons. The minimum Gasteiger partial charge on any atom is -0.371 e. The second kappa shape index (κ2) is 5.92. The second-order valence-corrected chi connectivity index (χ2v) is 7.23. The first-order valence-electron chi connectivity index (χ1n) is 4.02. The first-order valence-corrected chi connectivity index (χ1v) is 7.62. The van der Waals surface area contributed by atoms with Crippen LogP contribution >= 0.6 is 7.60 Å². The van der Waals surface area contributed by atoms with Crippen LogP contribution in [0.4, 0.5) is 8.22 Å². The molecule has 0 fully saturated rings. The first kappa shape index (κ1) is 14.2. The molecule has 0 aromatic rings. The lowest BCUT2D eigenvalue weighted by atomic mass is 10.6. The number of rotatable bonds is 7. The molecule has 0 heterocycles. The molecule has 8 heteroatoms. The van der Waals surface area contributed by atoms with E-state index in [0.29, 0.717) is 0 Å². The molecule has 0 unspecified atom stereocenters. The fourth-order valence-corrected chi connectivity index (χ4v) is 2.99. The van der Waals surface area contributed by atoms with Crippen LogP contribution < -0.4 is 0 Å². The molecule has 0 aliphatic heterocycles. The molecular formula is C6H15F2O4PSi. The minimum atomic E-state index is -4.53. The molecular weight excluding hydrogens is 233 g/mol. The zero-order valence-electron chi connectivity index (χ0n) is 8.46. The van der Waals surface area contributed by atoms with Gasteiger partial charge in [-0.15, -0.1) is 0 Å². The van der Waals surface area contributed by atoms with E-state index >= 15 is 0 Å². The summed E-state index contributed by atoms with van der Waals surface area (Å²) in [4.78, 5) is 0. The monoisotopic (exact) mass is 248 g/mol. The van der Waals surface area contributed by atoms with Gasteiger partial charge in [-0.25, -0.2) is 8.22 Å². The van der Waals surface area contributed by atoms with E-state index in [0.717, 1.165) is 7.11 Å². The molecule has 0 spiro atoms. The van der Waals surface area contributed by atoms with E-state index in [1.165, 1.54) is 14.2 Å². The molecule has 0 aromatic carbocycles. The summed E-state index contributed by atoms with van der Waals surface area (Å²) in [5, 5.41) is 0. The third-order valence-corrected chi connectivity index (χ3v) is 5.26. The standard InChI is InChI=1S/C6H15F2O4PSi/c1-10-13(9,11-2)5-4-6-14(7,8)12-3/h4-6H2,1-3H3. The number of hydrogen-bond donors (Lipinski definition) is 0. The van der Waals surface area contributed by atoms with E-state index in [4.69, 9.17) is 0 Å². The first-order chi connectivity index (χ1) is 6.39. The van der Waals surface area contributed by atoms with Crippen molar-refractivity contribution in [2.24, 2.45) is 0 Å². The van der Waals surface area contributed by atoms with E-state index in [2.05, 4.69) is 13.5 Å². The Kier molecular flexibility index (Phi) is 6.00. The predicted molar refractivity (Wildman–Crippen MR) is 50.9 cm³/mol. The Morgan fingerprint density at radius 3 is 2.07 bits per heavy atom. The van der Waals surface area contributed by atoms with Crippen molar-refractivity contribution in [2.45, 2.75) is 12.5 Å². The van der Waals surface area contributed by atoms with Crippen LogP contribution in [0.25, 0.3) is 0 Å². The van der Waals surface area contributed by atoms with Crippen LogP contribution in [-0.2, 0) is 18.0 Å². The number of halogens is 2. The lowest BCUT2D eigenvalue weighted by Crippen LogP contribution is -2.25. The maximum absolute atomic E-state index is 12.7. The van der Waals surface area contributed by atoms with Gasteiger partial charge in [-0.05, 0) is 6.42 Å². The highest BCUT2D eigenvalue weighted by molar-refractivity contribution is 7.53. The Morgan fingerprint density at radius 2 is 1.71 bits per heavy atom. The average molecular weight is 248 g/mol. The summed E-state index contributed by atoms with van der Waals surface area (Å²) in [5.74, 6) is 0. The summed E-state index contributed by atoms with van der Waals surface area (Å²) in [6.07, 6.45) is 0.0674. The van der Waals surface area contributed by atoms with Gasteiger partial charge in [-0.1, -0.05) is 0 Å². The van der Waals surface area contributed by atoms with Crippen molar-refractivity contribution in [3.8, 4) is 0 Å². The molecule has 0 bridgehead atoms. The quantitative estimate of drug-likeness (QED) is 0.394. The van der Waals surface area contributed by atoms with E-state index in [9.17, 15) is 12.8 Å². The van der Waals surface area contributed by atoms with Gasteiger partial charge in [-0.2, -0.15) is 0 Å². The van der Waals surface area contributed by atoms with Gasteiger partial charge in [0.15, 0.2) is 0 Å². The van der Waals surface area contributed by atoms with E-state index in [-0.39, 0.29) is 18.6 Å². The summed E-state index contributed by atoms with van der Waals surface area (Å²) in [5.41, 5.74) is 0. The SMILES string of the molecule is CO[Si](F)(F)CCCP(=O)(OC)OC. The van der Waals surface area contributed by atoms with Crippen LogP contribution in [0.1, 0.15) is 6.42 Å². The molecule has 0 aromatic heterocycles. The Balaban J connectivity index is 3.90. The maximum atomic E-state index is 12.7. The Hall–Kier alpha value is 0.187. The van der Waals surface area contributed by atoms with Gasteiger partial charge in [0.05, 0.1) is 6.16 Å². The zero-order chi connectivity index (χ0) is 11.2. The van der Waals surface area contributed by atoms with E-state index in [1.54, 1.807) is 0 Å². The molecule has 0 aliphatic rings. The van der Waals surface area contributed by atoms with Gasteiger partial charge in [-0.3, -0.25) is 4.57 Å². The molecule has 0 amide bonds. The average Bonchev–Trinajstić information content (AvgIpc) is 2.17. The summed E-state index contributed by atoms with van der Waals surface area (Å²) in [6, 6.07) is -0.361. The van der Waals surface area contributed by atoms with Gasteiger partial charge >= 0.3 is 16.6 Å². The third-order valence-electron chi connectivity index (χ3n) is 1.75. The Labute approximate surface area is 83.6 Å². The Morgan fingerprint density at radius 1 is 1.21 bits per heavy atom. The van der Waals surface area contributed by atoms with Crippen LogP contribution in [0.3, 0.4) is 0 Å². The summed E-state index contributed by atoms with van der Waals surface area (Å²) in [6.45, 7) is 0. The molecule has 0 saturated heterocycles.